The van der Waals surface area contributed by atoms with E-state index in [1.807, 2.05) is 0 Å². The molecule has 0 aliphatic carbocycles. The zero-order chi connectivity index (χ0) is 15.8. The van der Waals surface area contributed by atoms with Gasteiger partial charge in [-0.2, -0.15) is 0 Å². The molecule has 5 heteroatoms. The first kappa shape index (κ1) is 16.9. The smallest absolute Gasteiger partial charge is 0.225 e. The predicted octanol–water partition coefficient (Wildman–Crippen LogP) is 3.05. The van der Waals surface area contributed by atoms with Crippen LogP contribution < -0.4 is 5.32 Å². The highest BCUT2D eigenvalue weighted by Gasteiger charge is 2.20. The molecule has 0 radical (unpaired) electrons. The van der Waals surface area contributed by atoms with E-state index in [1.54, 1.807) is 18.2 Å². The van der Waals surface area contributed by atoms with Crippen molar-refractivity contribution in [2.45, 2.75) is 38.7 Å². The van der Waals surface area contributed by atoms with Crippen LogP contribution in [0.4, 0.5) is 10.1 Å². The molecule has 2 rings (SSSR count). The summed E-state index contributed by atoms with van der Waals surface area (Å²) in [6.07, 6.45) is 3.88. The van der Waals surface area contributed by atoms with Crippen LogP contribution in [0.5, 0.6) is 0 Å². The van der Waals surface area contributed by atoms with Gasteiger partial charge in [0.2, 0.25) is 5.91 Å². The summed E-state index contributed by atoms with van der Waals surface area (Å²) in [5.74, 6) is -0.552. The summed E-state index contributed by atoms with van der Waals surface area (Å²) in [6.45, 7) is 5.47. The summed E-state index contributed by atoms with van der Waals surface area (Å²) in [5, 5.41) is 2.62. The number of carbonyl (C=O) groups is 1. The predicted molar refractivity (Wildman–Crippen MR) is 85.4 cm³/mol. The van der Waals surface area contributed by atoms with Gasteiger partial charge in [-0.1, -0.05) is 19.1 Å². The lowest BCUT2D eigenvalue weighted by molar-refractivity contribution is -0.116. The largest absolute Gasteiger partial charge is 0.377 e. The number of para-hydroxylation sites is 1. The van der Waals surface area contributed by atoms with E-state index in [-0.39, 0.29) is 17.7 Å². The number of hydrogen-bond donors (Lipinski definition) is 1. The zero-order valence-electron chi connectivity index (χ0n) is 13.2. The quantitative estimate of drug-likeness (QED) is 0.842. The Labute approximate surface area is 131 Å². The van der Waals surface area contributed by atoms with Crippen LogP contribution in [0.25, 0.3) is 0 Å². The number of benzene rings is 1. The summed E-state index contributed by atoms with van der Waals surface area (Å²) in [5.41, 5.74) is 0.246. The Morgan fingerprint density at radius 1 is 1.45 bits per heavy atom. The Kier molecular flexibility index (Phi) is 6.80. The second-order valence-electron chi connectivity index (χ2n) is 5.71. The fraction of sp³-hybridized carbons (Fsp3) is 0.588. The van der Waals surface area contributed by atoms with Crippen molar-refractivity contribution in [1.82, 2.24) is 4.90 Å². The van der Waals surface area contributed by atoms with Gasteiger partial charge in [-0.3, -0.25) is 4.79 Å². The van der Waals surface area contributed by atoms with Gasteiger partial charge in [0.1, 0.15) is 5.82 Å². The molecule has 1 aromatic carbocycles. The lowest BCUT2D eigenvalue weighted by atomic mass is 10.1. The van der Waals surface area contributed by atoms with Crippen molar-refractivity contribution < 1.29 is 13.9 Å². The number of amides is 1. The van der Waals surface area contributed by atoms with E-state index in [0.29, 0.717) is 13.0 Å². The highest BCUT2D eigenvalue weighted by molar-refractivity contribution is 5.90. The van der Waals surface area contributed by atoms with Crippen molar-refractivity contribution in [3.8, 4) is 0 Å². The van der Waals surface area contributed by atoms with Gasteiger partial charge >= 0.3 is 0 Å². The Balaban J connectivity index is 1.73. The van der Waals surface area contributed by atoms with Gasteiger partial charge in [0.05, 0.1) is 11.8 Å². The number of likely N-dealkylation sites (tertiary alicyclic amines) is 1. The minimum Gasteiger partial charge on any atom is -0.377 e. The van der Waals surface area contributed by atoms with Crippen LogP contribution in [0.15, 0.2) is 24.3 Å². The van der Waals surface area contributed by atoms with Gasteiger partial charge in [-0.05, 0) is 37.9 Å². The molecule has 0 spiro atoms. The van der Waals surface area contributed by atoms with Crippen molar-refractivity contribution in [1.29, 1.82) is 0 Å². The number of piperidine rings is 1. The number of anilines is 1. The summed E-state index contributed by atoms with van der Waals surface area (Å²) < 4.78 is 19.3. The maximum atomic E-state index is 13.5. The van der Waals surface area contributed by atoms with E-state index < -0.39 is 5.82 Å². The fourth-order valence-electron chi connectivity index (χ4n) is 2.67. The van der Waals surface area contributed by atoms with Crippen LogP contribution in [-0.4, -0.2) is 43.2 Å². The standard InChI is InChI=1S/C17H25FN2O2/c1-2-12-22-14-6-5-10-20(13-14)11-9-17(21)19-16-8-4-3-7-15(16)18/h3-4,7-8,14H,2,5-6,9-13H2,1H3,(H,19,21)/t14-/m1/s1. The van der Waals surface area contributed by atoms with E-state index in [4.69, 9.17) is 4.74 Å². The Morgan fingerprint density at radius 3 is 3.05 bits per heavy atom. The first-order valence-electron chi connectivity index (χ1n) is 8.07. The molecular formula is C17H25FN2O2. The maximum Gasteiger partial charge on any atom is 0.225 e. The second-order valence-corrected chi connectivity index (χ2v) is 5.71. The summed E-state index contributed by atoms with van der Waals surface area (Å²) in [7, 11) is 0. The van der Waals surface area contributed by atoms with Crippen molar-refractivity contribution in [2.75, 3.05) is 31.6 Å². The molecule has 0 saturated carbocycles. The molecule has 22 heavy (non-hydrogen) atoms. The SMILES string of the molecule is CCCO[C@@H]1CCCN(CCC(=O)Nc2ccccc2F)C1. The second kappa shape index (κ2) is 8.86. The molecule has 1 heterocycles. The Morgan fingerprint density at radius 2 is 2.27 bits per heavy atom. The number of nitrogens with zero attached hydrogens (tertiary/aromatic N) is 1. The van der Waals surface area contributed by atoms with Gasteiger partial charge in [-0.15, -0.1) is 0 Å². The normalized spacial score (nSPS) is 19.1. The van der Waals surface area contributed by atoms with E-state index in [1.165, 1.54) is 6.07 Å². The van der Waals surface area contributed by atoms with E-state index in [2.05, 4.69) is 17.1 Å². The number of halogens is 1. The number of carbonyl (C=O) groups excluding carboxylic acids is 1. The van der Waals surface area contributed by atoms with Crippen molar-refractivity contribution >= 4 is 11.6 Å². The average Bonchev–Trinajstić information content (AvgIpc) is 2.53. The van der Waals surface area contributed by atoms with Crippen LogP contribution in [0.3, 0.4) is 0 Å². The number of ether oxygens (including phenoxy) is 1. The molecule has 122 valence electrons. The number of rotatable bonds is 7. The summed E-state index contributed by atoms with van der Waals surface area (Å²) in [6, 6.07) is 6.23. The molecule has 1 aliphatic heterocycles. The third-order valence-electron chi connectivity index (χ3n) is 3.82. The maximum absolute atomic E-state index is 13.5. The fourth-order valence-corrected chi connectivity index (χ4v) is 2.67. The first-order valence-corrected chi connectivity index (χ1v) is 8.07. The first-order chi connectivity index (χ1) is 10.7. The van der Waals surface area contributed by atoms with E-state index in [9.17, 15) is 9.18 Å². The minimum atomic E-state index is -0.401. The van der Waals surface area contributed by atoms with Crippen molar-refractivity contribution in [3.63, 3.8) is 0 Å². The van der Waals surface area contributed by atoms with Gasteiger partial charge in [0.25, 0.3) is 0 Å². The molecule has 1 fully saturated rings. The van der Waals surface area contributed by atoms with Gasteiger partial charge in [-0.25, -0.2) is 4.39 Å². The molecular weight excluding hydrogens is 283 g/mol. The molecule has 1 N–H and O–H groups in total. The number of hydrogen-bond acceptors (Lipinski definition) is 3. The summed E-state index contributed by atoms with van der Waals surface area (Å²) in [4.78, 5) is 14.2. The number of nitrogens with one attached hydrogen (secondary N) is 1. The highest BCUT2D eigenvalue weighted by Crippen LogP contribution is 2.15. The Hall–Kier alpha value is -1.46. The summed E-state index contributed by atoms with van der Waals surface area (Å²) >= 11 is 0. The van der Waals surface area contributed by atoms with E-state index >= 15 is 0 Å². The van der Waals surface area contributed by atoms with Crippen molar-refractivity contribution in [3.05, 3.63) is 30.1 Å². The Bertz CT molecular complexity index is 481. The average molecular weight is 308 g/mol. The highest BCUT2D eigenvalue weighted by atomic mass is 19.1. The third kappa shape index (κ3) is 5.39. The monoisotopic (exact) mass is 308 g/mol. The van der Waals surface area contributed by atoms with Gasteiger partial charge < -0.3 is 15.0 Å². The molecule has 0 aromatic heterocycles. The molecule has 0 bridgehead atoms. The van der Waals surface area contributed by atoms with Gasteiger partial charge in [0.15, 0.2) is 0 Å². The molecule has 4 nitrogen and oxygen atoms in total. The molecule has 1 amide bonds. The minimum absolute atomic E-state index is 0.151. The lowest BCUT2D eigenvalue weighted by Crippen LogP contribution is -2.41. The molecule has 1 saturated heterocycles. The topological polar surface area (TPSA) is 41.6 Å². The lowest BCUT2D eigenvalue weighted by Gasteiger charge is -2.32. The molecule has 0 unspecified atom stereocenters. The zero-order valence-corrected chi connectivity index (χ0v) is 13.2. The van der Waals surface area contributed by atoms with Crippen molar-refractivity contribution in [2.24, 2.45) is 0 Å². The molecule has 1 aromatic rings. The van der Waals surface area contributed by atoms with Crippen LogP contribution in [0.1, 0.15) is 32.6 Å². The van der Waals surface area contributed by atoms with Crippen LogP contribution in [0, 0.1) is 5.82 Å². The van der Waals surface area contributed by atoms with E-state index in [0.717, 1.165) is 39.0 Å². The molecule has 1 atom stereocenters. The molecule has 1 aliphatic rings. The van der Waals surface area contributed by atoms with Gasteiger partial charge in [0, 0.05) is 26.1 Å². The van der Waals surface area contributed by atoms with Crippen LogP contribution in [0.2, 0.25) is 0 Å². The third-order valence-corrected chi connectivity index (χ3v) is 3.82. The van der Waals surface area contributed by atoms with Crippen LogP contribution in [-0.2, 0) is 9.53 Å². The van der Waals surface area contributed by atoms with Crippen LogP contribution >= 0.6 is 0 Å².